The standard InChI is InChI=1S/C11H9BrN2S/c12-9-4-2-1-3-8(9)10-5-6-13-11(7-15)14-10/h1-6,15H,7H2. The Morgan fingerprint density at radius 2 is 2.00 bits per heavy atom. The molecule has 76 valence electrons. The van der Waals surface area contributed by atoms with Crippen LogP contribution in [0.1, 0.15) is 5.82 Å². The van der Waals surface area contributed by atoms with E-state index >= 15 is 0 Å². The Kier molecular flexibility index (Phi) is 3.38. The first-order valence-electron chi connectivity index (χ1n) is 4.49. The summed E-state index contributed by atoms with van der Waals surface area (Å²) in [5.74, 6) is 1.30. The molecule has 0 saturated carbocycles. The quantitative estimate of drug-likeness (QED) is 0.854. The number of thiol groups is 1. The van der Waals surface area contributed by atoms with Crippen LogP contribution in [0.5, 0.6) is 0 Å². The summed E-state index contributed by atoms with van der Waals surface area (Å²) in [6.07, 6.45) is 1.76. The summed E-state index contributed by atoms with van der Waals surface area (Å²) in [4.78, 5) is 8.52. The summed E-state index contributed by atoms with van der Waals surface area (Å²) in [7, 11) is 0. The molecule has 0 N–H and O–H groups in total. The fourth-order valence-electron chi connectivity index (χ4n) is 1.29. The zero-order valence-corrected chi connectivity index (χ0v) is 10.4. The molecule has 0 aliphatic rings. The van der Waals surface area contributed by atoms with E-state index in [0.29, 0.717) is 5.75 Å². The van der Waals surface area contributed by atoms with Crippen molar-refractivity contribution in [3.63, 3.8) is 0 Å². The van der Waals surface area contributed by atoms with Gasteiger partial charge in [0.1, 0.15) is 5.82 Å². The van der Waals surface area contributed by atoms with Gasteiger partial charge in [-0.2, -0.15) is 12.6 Å². The van der Waals surface area contributed by atoms with E-state index in [1.165, 1.54) is 0 Å². The van der Waals surface area contributed by atoms with Crippen LogP contribution >= 0.6 is 28.6 Å². The van der Waals surface area contributed by atoms with Crippen LogP contribution < -0.4 is 0 Å². The van der Waals surface area contributed by atoms with E-state index in [4.69, 9.17) is 0 Å². The Morgan fingerprint density at radius 3 is 2.73 bits per heavy atom. The Morgan fingerprint density at radius 1 is 1.20 bits per heavy atom. The van der Waals surface area contributed by atoms with Crippen molar-refractivity contribution in [3.05, 3.63) is 46.8 Å². The number of hydrogen-bond acceptors (Lipinski definition) is 3. The number of nitrogens with zero attached hydrogens (tertiary/aromatic N) is 2. The van der Waals surface area contributed by atoms with Gasteiger partial charge in [-0.1, -0.05) is 34.1 Å². The van der Waals surface area contributed by atoms with E-state index in [1.54, 1.807) is 6.20 Å². The number of aromatic nitrogens is 2. The molecule has 0 fully saturated rings. The SMILES string of the molecule is SCc1nccc(-c2ccccc2Br)n1. The first-order valence-corrected chi connectivity index (χ1v) is 5.91. The number of halogens is 1. The molecular weight excluding hydrogens is 272 g/mol. The van der Waals surface area contributed by atoms with Crippen LogP contribution in [0.3, 0.4) is 0 Å². The van der Waals surface area contributed by atoms with Crippen LogP contribution in [-0.2, 0) is 5.75 Å². The second-order valence-electron chi connectivity index (χ2n) is 3.00. The van der Waals surface area contributed by atoms with Gasteiger partial charge in [0.25, 0.3) is 0 Å². The predicted octanol–water partition coefficient (Wildman–Crippen LogP) is 3.34. The zero-order chi connectivity index (χ0) is 10.7. The van der Waals surface area contributed by atoms with Crippen LogP contribution in [-0.4, -0.2) is 9.97 Å². The van der Waals surface area contributed by atoms with Gasteiger partial charge in [-0.3, -0.25) is 0 Å². The maximum atomic E-state index is 4.40. The molecule has 0 unspecified atom stereocenters. The molecule has 0 aliphatic heterocycles. The van der Waals surface area contributed by atoms with E-state index in [0.717, 1.165) is 21.6 Å². The molecule has 1 aromatic heterocycles. The van der Waals surface area contributed by atoms with E-state index in [2.05, 4.69) is 38.5 Å². The minimum absolute atomic E-state index is 0.554. The van der Waals surface area contributed by atoms with Crippen molar-refractivity contribution in [1.82, 2.24) is 9.97 Å². The monoisotopic (exact) mass is 280 g/mol. The maximum Gasteiger partial charge on any atom is 0.138 e. The molecular formula is C11H9BrN2S. The van der Waals surface area contributed by atoms with Gasteiger partial charge in [-0.05, 0) is 12.1 Å². The highest BCUT2D eigenvalue weighted by Crippen LogP contribution is 2.25. The van der Waals surface area contributed by atoms with E-state index < -0.39 is 0 Å². The van der Waals surface area contributed by atoms with Gasteiger partial charge >= 0.3 is 0 Å². The summed E-state index contributed by atoms with van der Waals surface area (Å²) >= 11 is 7.66. The lowest BCUT2D eigenvalue weighted by Crippen LogP contribution is -1.93. The smallest absolute Gasteiger partial charge is 0.138 e. The Labute approximate surface area is 102 Å². The van der Waals surface area contributed by atoms with Crippen LogP contribution in [0.4, 0.5) is 0 Å². The fourth-order valence-corrected chi connectivity index (χ4v) is 1.93. The molecule has 15 heavy (non-hydrogen) atoms. The van der Waals surface area contributed by atoms with Crippen LogP contribution in [0.2, 0.25) is 0 Å². The number of benzene rings is 1. The lowest BCUT2D eigenvalue weighted by molar-refractivity contribution is 1.04. The second-order valence-corrected chi connectivity index (χ2v) is 4.17. The van der Waals surface area contributed by atoms with Gasteiger partial charge in [0.15, 0.2) is 0 Å². The van der Waals surface area contributed by atoms with Crippen molar-refractivity contribution in [1.29, 1.82) is 0 Å². The minimum atomic E-state index is 0.554. The van der Waals surface area contributed by atoms with Crippen molar-refractivity contribution < 1.29 is 0 Å². The number of rotatable bonds is 2. The lowest BCUT2D eigenvalue weighted by atomic mass is 10.1. The molecule has 2 rings (SSSR count). The first-order chi connectivity index (χ1) is 7.31. The topological polar surface area (TPSA) is 25.8 Å². The minimum Gasteiger partial charge on any atom is -0.240 e. The van der Waals surface area contributed by atoms with Gasteiger partial charge in [-0.25, -0.2) is 9.97 Å². The molecule has 0 bridgehead atoms. The van der Waals surface area contributed by atoms with Crippen molar-refractivity contribution in [3.8, 4) is 11.3 Å². The third kappa shape index (κ3) is 2.38. The van der Waals surface area contributed by atoms with Gasteiger partial charge in [-0.15, -0.1) is 0 Å². The Balaban J connectivity index is 2.49. The zero-order valence-electron chi connectivity index (χ0n) is 7.89. The maximum absolute atomic E-state index is 4.40. The summed E-state index contributed by atoms with van der Waals surface area (Å²) in [5.41, 5.74) is 1.99. The van der Waals surface area contributed by atoms with E-state index in [9.17, 15) is 0 Å². The summed E-state index contributed by atoms with van der Waals surface area (Å²) in [5, 5.41) is 0. The number of hydrogen-bond donors (Lipinski definition) is 1. The molecule has 2 nitrogen and oxygen atoms in total. The molecule has 1 aromatic carbocycles. The molecule has 0 radical (unpaired) electrons. The largest absolute Gasteiger partial charge is 0.240 e. The second kappa shape index (κ2) is 4.77. The molecule has 0 spiro atoms. The molecule has 0 atom stereocenters. The van der Waals surface area contributed by atoms with Gasteiger partial charge in [0.05, 0.1) is 11.4 Å². The molecule has 0 amide bonds. The summed E-state index contributed by atoms with van der Waals surface area (Å²) in [6, 6.07) is 9.89. The Bertz CT molecular complexity index is 474. The average molecular weight is 281 g/mol. The van der Waals surface area contributed by atoms with Crippen molar-refractivity contribution >= 4 is 28.6 Å². The highest BCUT2D eigenvalue weighted by atomic mass is 79.9. The van der Waals surface area contributed by atoms with E-state index in [-0.39, 0.29) is 0 Å². The summed E-state index contributed by atoms with van der Waals surface area (Å²) in [6.45, 7) is 0. The fraction of sp³-hybridized carbons (Fsp3) is 0.0909. The van der Waals surface area contributed by atoms with Gasteiger partial charge < -0.3 is 0 Å². The van der Waals surface area contributed by atoms with Crippen molar-refractivity contribution in [2.24, 2.45) is 0 Å². The normalized spacial score (nSPS) is 10.3. The molecule has 1 heterocycles. The Hall–Kier alpha value is -0.870. The van der Waals surface area contributed by atoms with Crippen LogP contribution in [0.15, 0.2) is 41.0 Å². The highest BCUT2D eigenvalue weighted by molar-refractivity contribution is 9.10. The van der Waals surface area contributed by atoms with Gasteiger partial charge in [0.2, 0.25) is 0 Å². The third-order valence-corrected chi connectivity index (χ3v) is 2.97. The molecule has 0 saturated heterocycles. The third-order valence-electron chi connectivity index (χ3n) is 2.00. The first kappa shape index (κ1) is 10.6. The van der Waals surface area contributed by atoms with Gasteiger partial charge in [0, 0.05) is 16.2 Å². The van der Waals surface area contributed by atoms with Crippen LogP contribution in [0.25, 0.3) is 11.3 Å². The molecule has 2 aromatic rings. The predicted molar refractivity (Wildman–Crippen MR) is 67.9 cm³/mol. The molecule has 0 aliphatic carbocycles. The van der Waals surface area contributed by atoms with E-state index in [1.807, 2.05) is 30.3 Å². The van der Waals surface area contributed by atoms with Crippen molar-refractivity contribution in [2.45, 2.75) is 5.75 Å². The summed E-state index contributed by atoms with van der Waals surface area (Å²) < 4.78 is 1.04. The van der Waals surface area contributed by atoms with Crippen molar-refractivity contribution in [2.75, 3.05) is 0 Å². The highest BCUT2D eigenvalue weighted by Gasteiger charge is 2.04. The lowest BCUT2D eigenvalue weighted by Gasteiger charge is -2.04. The van der Waals surface area contributed by atoms with Crippen LogP contribution in [0, 0.1) is 0 Å². The average Bonchev–Trinajstić information content (AvgIpc) is 2.30. The molecule has 4 heteroatoms.